The summed E-state index contributed by atoms with van der Waals surface area (Å²) in [6.07, 6.45) is 3.88. The number of benzene rings is 2. The van der Waals surface area contributed by atoms with Crippen LogP contribution in [-0.4, -0.2) is 26.2 Å². The molecular weight excluding hydrogens is 404 g/mol. The van der Waals surface area contributed by atoms with Crippen LogP contribution in [0.25, 0.3) is 17.2 Å². The molecule has 4 rings (SSSR count). The summed E-state index contributed by atoms with van der Waals surface area (Å²) in [6.45, 7) is 9.19. The fraction of sp³-hybridized carbons (Fsp3) is 0.385. The third kappa shape index (κ3) is 3.64. The topological polar surface area (TPSA) is 76.7 Å². The molecule has 0 radical (unpaired) electrons. The Balaban J connectivity index is 1.91. The van der Waals surface area contributed by atoms with Crippen molar-refractivity contribution in [3.05, 3.63) is 52.7 Å². The van der Waals surface area contributed by atoms with E-state index in [2.05, 4.69) is 56.5 Å². The van der Waals surface area contributed by atoms with E-state index in [0.717, 1.165) is 24.0 Å². The summed E-state index contributed by atoms with van der Waals surface area (Å²) in [5.74, 6) is 0.794. The van der Waals surface area contributed by atoms with Crippen molar-refractivity contribution in [1.82, 2.24) is 10.6 Å². The molecule has 0 unspecified atom stereocenters. The van der Waals surface area contributed by atoms with E-state index in [1.54, 1.807) is 20.3 Å². The molecule has 2 aromatic rings. The van der Waals surface area contributed by atoms with Gasteiger partial charge in [-0.15, -0.1) is 0 Å². The zero-order valence-corrected chi connectivity index (χ0v) is 19.5. The first-order valence-electron chi connectivity index (χ1n) is 10.8. The molecule has 32 heavy (non-hydrogen) atoms. The highest BCUT2D eigenvalue weighted by molar-refractivity contribution is 6.14. The first kappa shape index (κ1) is 21.9. The summed E-state index contributed by atoms with van der Waals surface area (Å²) in [5, 5.41) is 4.75. The highest BCUT2D eigenvalue weighted by atomic mass is 16.5. The van der Waals surface area contributed by atoms with Crippen molar-refractivity contribution in [2.45, 2.75) is 51.4 Å². The lowest BCUT2D eigenvalue weighted by molar-refractivity contribution is -0.115. The molecule has 168 valence electrons. The van der Waals surface area contributed by atoms with Crippen LogP contribution in [0.1, 0.15) is 57.2 Å². The van der Waals surface area contributed by atoms with Crippen LogP contribution in [-0.2, 0) is 15.6 Å². The zero-order valence-electron chi connectivity index (χ0n) is 19.5. The molecule has 1 saturated heterocycles. The third-order valence-corrected chi connectivity index (χ3v) is 6.74. The van der Waals surface area contributed by atoms with Crippen LogP contribution in [0.3, 0.4) is 0 Å². The minimum absolute atomic E-state index is 0.0626. The van der Waals surface area contributed by atoms with Crippen LogP contribution in [0, 0.1) is 0 Å². The number of hydrogen-bond donors (Lipinski definition) is 2. The molecule has 2 N–H and O–H groups in total. The number of nitrogens with one attached hydrogen (secondary N) is 2. The van der Waals surface area contributed by atoms with Crippen molar-refractivity contribution in [1.29, 1.82) is 0 Å². The zero-order chi connectivity index (χ0) is 23.3. The van der Waals surface area contributed by atoms with E-state index in [0.29, 0.717) is 17.1 Å². The summed E-state index contributed by atoms with van der Waals surface area (Å²) in [6, 6.07) is 9.72. The summed E-state index contributed by atoms with van der Waals surface area (Å²) >= 11 is 0. The molecule has 3 amide bonds. The first-order valence-corrected chi connectivity index (χ1v) is 10.8. The van der Waals surface area contributed by atoms with Gasteiger partial charge in [-0.3, -0.25) is 10.1 Å². The van der Waals surface area contributed by atoms with E-state index in [1.165, 1.54) is 11.1 Å². The molecule has 1 heterocycles. The predicted molar refractivity (Wildman–Crippen MR) is 125 cm³/mol. The fourth-order valence-corrected chi connectivity index (χ4v) is 4.74. The smallest absolute Gasteiger partial charge is 0.326 e. The van der Waals surface area contributed by atoms with Crippen LogP contribution in [0.4, 0.5) is 4.79 Å². The van der Waals surface area contributed by atoms with Gasteiger partial charge in [-0.25, -0.2) is 4.79 Å². The lowest BCUT2D eigenvalue weighted by Crippen LogP contribution is -2.33. The monoisotopic (exact) mass is 434 g/mol. The Hall–Kier alpha value is -3.28. The van der Waals surface area contributed by atoms with E-state index in [1.807, 2.05) is 12.1 Å². The lowest BCUT2D eigenvalue weighted by Gasteiger charge is -2.42. The van der Waals surface area contributed by atoms with E-state index < -0.39 is 11.9 Å². The SMILES string of the molecule is COc1ccc(C=C2NC(=O)NC2=O)c(OC)c1-c1ccc2c(c1)C(C)(C)CCC2(C)C. The number of amides is 3. The van der Waals surface area contributed by atoms with E-state index in [4.69, 9.17) is 9.47 Å². The van der Waals surface area contributed by atoms with Gasteiger partial charge in [0.15, 0.2) is 0 Å². The number of carbonyl (C=O) groups excluding carboxylic acids is 2. The number of fused-ring (bicyclic) bond motifs is 1. The van der Waals surface area contributed by atoms with E-state index in [-0.39, 0.29) is 16.5 Å². The van der Waals surface area contributed by atoms with Crippen LogP contribution >= 0.6 is 0 Å². The number of ether oxygens (including phenoxy) is 2. The minimum atomic E-state index is -0.534. The molecule has 0 saturated carbocycles. The average Bonchev–Trinajstić information content (AvgIpc) is 3.07. The quantitative estimate of drug-likeness (QED) is 0.530. The van der Waals surface area contributed by atoms with Crippen molar-refractivity contribution in [2.75, 3.05) is 14.2 Å². The molecule has 1 aliphatic heterocycles. The Morgan fingerprint density at radius 2 is 1.56 bits per heavy atom. The third-order valence-electron chi connectivity index (χ3n) is 6.74. The molecule has 2 aliphatic rings. The van der Waals surface area contributed by atoms with Gasteiger partial charge in [0.1, 0.15) is 17.2 Å². The average molecular weight is 435 g/mol. The number of methoxy groups -OCH3 is 2. The first-order chi connectivity index (χ1) is 15.1. The van der Waals surface area contributed by atoms with Crippen LogP contribution < -0.4 is 20.1 Å². The summed E-state index contributed by atoms with van der Waals surface area (Å²) in [5.41, 5.74) is 5.55. The van der Waals surface area contributed by atoms with Gasteiger partial charge >= 0.3 is 6.03 Å². The Bertz CT molecular complexity index is 1140. The second-order valence-electron chi connectivity index (χ2n) is 9.76. The van der Waals surface area contributed by atoms with Gasteiger partial charge in [0.25, 0.3) is 5.91 Å². The molecular formula is C26H30N2O4. The minimum Gasteiger partial charge on any atom is -0.496 e. The largest absolute Gasteiger partial charge is 0.496 e. The predicted octanol–water partition coefficient (Wildman–Crippen LogP) is 4.90. The van der Waals surface area contributed by atoms with Gasteiger partial charge in [-0.1, -0.05) is 45.9 Å². The highest BCUT2D eigenvalue weighted by Crippen LogP contribution is 2.49. The molecule has 1 fully saturated rings. The maximum atomic E-state index is 12.0. The number of carbonyl (C=O) groups is 2. The van der Waals surface area contributed by atoms with Gasteiger partial charge < -0.3 is 14.8 Å². The van der Waals surface area contributed by atoms with Crippen molar-refractivity contribution in [3.8, 4) is 22.6 Å². The van der Waals surface area contributed by atoms with Gasteiger partial charge in [0, 0.05) is 5.56 Å². The number of imide groups is 1. The van der Waals surface area contributed by atoms with Crippen LogP contribution in [0.5, 0.6) is 11.5 Å². The van der Waals surface area contributed by atoms with Gasteiger partial charge in [-0.05, 0) is 58.6 Å². The Morgan fingerprint density at radius 3 is 2.16 bits per heavy atom. The maximum Gasteiger partial charge on any atom is 0.326 e. The standard InChI is InChI=1S/C26H30N2O4/c1-25(2)11-12-26(3,4)18-13-15(7-9-17(18)25)21-20(31-5)10-8-16(22(21)32-6)14-19-23(29)28-24(30)27-19/h7-10,13-14H,11-12H2,1-6H3,(H2,27,28,29,30). The summed E-state index contributed by atoms with van der Waals surface area (Å²) in [7, 11) is 3.23. The molecule has 2 aromatic carbocycles. The van der Waals surface area contributed by atoms with E-state index >= 15 is 0 Å². The fourth-order valence-electron chi connectivity index (χ4n) is 4.74. The Kier molecular flexibility index (Phi) is 5.27. The van der Waals surface area contributed by atoms with E-state index in [9.17, 15) is 9.59 Å². The van der Waals surface area contributed by atoms with Crippen molar-refractivity contribution >= 4 is 18.0 Å². The molecule has 6 heteroatoms. The molecule has 0 atom stereocenters. The van der Waals surface area contributed by atoms with Crippen molar-refractivity contribution in [3.63, 3.8) is 0 Å². The molecule has 0 aromatic heterocycles. The van der Waals surface area contributed by atoms with Gasteiger partial charge in [0.05, 0.1) is 19.8 Å². The van der Waals surface area contributed by atoms with Gasteiger partial charge in [0.2, 0.25) is 0 Å². The molecule has 0 bridgehead atoms. The normalized spacial score (nSPS) is 19.9. The summed E-state index contributed by atoms with van der Waals surface area (Å²) in [4.78, 5) is 23.5. The lowest BCUT2D eigenvalue weighted by atomic mass is 9.63. The number of hydrogen-bond acceptors (Lipinski definition) is 4. The second kappa shape index (κ2) is 7.69. The molecule has 1 aliphatic carbocycles. The van der Waals surface area contributed by atoms with Crippen molar-refractivity contribution in [2.24, 2.45) is 0 Å². The highest BCUT2D eigenvalue weighted by Gasteiger charge is 2.37. The molecule has 0 spiro atoms. The number of urea groups is 1. The van der Waals surface area contributed by atoms with Crippen LogP contribution in [0.2, 0.25) is 0 Å². The maximum absolute atomic E-state index is 12.0. The molecule has 6 nitrogen and oxygen atoms in total. The second-order valence-corrected chi connectivity index (χ2v) is 9.76. The van der Waals surface area contributed by atoms with Crippen molar-refractivity contribution < 1.29 is 19.1 Å². The van der Waals surface area contributed by atoms with Crippen LogP contribution in [0.15, 0.2) is 36.0 Å². The number of rotatable bonds is 4. The Morgan fingerprint density at radius 1 is 0.875 bits per heavy atom. The summed E-state index contributed by atoms with van der Waals surface area (Å²) < 4.78 is 11.5. The Labute approximate surface area is 189 Å². The van der Waals surface area contributed by atoms with Gasteiger partial charge in [-0.2, -0.15) is 0 Å².